The van der Waals surface area contributed by atoms with E-state index in [4.69, 9.17) is 17.3 Å². The molecule has 2 heterocycles. The Labute approximate surface area is 187 Å². The van der Waals surface area contributed by atoms with Crippen LogP contribution in [0, 0.1) is 11.6 Å². The number of carbonyl (C=O) groups is 1. The molecule has 0 radical (unpaired) electrons. The number of nitrogens with two attached hydrogens (primary N) is 1. The Kier molecular flexibility index (Phi) is 5.04. The van der Waals surface area contributed by atoms with Gasteiger partial charge in [-0.15, -0.1) is 0 Å². The second-order valence-electron chi connectivity index (χ2n) is 7.71. The zero-order chi connectivity index (χ0) is 24.5. The summed E-state index contributed by atoms with van der Waals surface area (Å²) in [5.74, 6) is -3.42. The highest BCUT2D eigenvalue weighted by molar-refractivity contribution is 6.32. The second kappa shape index (κ2) is 7.30. The zero-order valence-electron chi connectivity index (χ0n) is 17.0. The number of aromatic nitrogens is 2. The summed E-state index contributed by atoms with van der Waals surface area (Å²) in [4.78, 5) is 32.2. The average molecular weight is 488 g/mol. The van der Waals surface area contributed by atoms with Crippen molar-refractivity contribution < 1.29 is 26.7 Å². The van der Waals surface area contributed by atoms with Gasteiger partial charge in [0.25, 0.3) is 0 Å². The van der Waals surface area contributed by atoms with Crippen LogP contribution in [0.4, 0.5) is 22.0 Å². The number of alkyl halides is 3. The Balaban J connectivity index is 2.08. The van der Waals surface area contributed by atoms with Gasteiger partial charge in [-0.25, -0.2) is 18.6 Å². The number of aliphatic imine (C=N–C) groups is 1. The number of benzene rings is 2. The van der Waals surface area contributed by atoms with Crippen molar-refractivity contribution in [2.45, 2.75) is 25.1 Å². The number of fused-ring (bicyclic) bond motifs is 1. The van der Waals surface area contributed by atoms with Gasteiger partial charge < -0.3 is 10.7 Å². The molecule has 174 valence electrons. The Morgan fingerprint density at radius 3 is 2.45 bits per heavy atom. The van der Waals surface area contributed by atoms with E-state index in [1.807, 2.05) is 0 Å². The van der Waals surface area contributed by atoms with Gasteiger partial charge in [-0.2, -0.15) is 13.2 Å². The first-order valence-electron chi connectivity index (χ1n) is 9.37. The maximum Gasteiger partial charge on any atom is 0.419 e. The molecule has 2 aromatic carbocycles. The number of rotatable bonds is 2. The molecular weight excluding hydrogens is 473 g/mol. The minimum atomic E-state index is -5.04. The smallest absolute Gasteiger partial charge is 0.369 e. The van der Waals surface area contributed by atoms with Gasteiger partial charge in [0.15, 0.2) is 11.8 Å². The Hall–Kier alpha value is -3.41. The Bertz CT molecular complexity index is 1410. The highest BCUT2D eigenvalue weighted by atomic mass is 35.5. The van der Waals surface area contributed by atoms with Gasteiger partial charge >= 0.3 is 11.9 Å². The quantitative estimate of drug-likeness (QED) is 0.540. The van der Waals surface area contributed by atoms with Gasteiger partial charge in [0, 0.05) is 12.6 Å². The molecule has 0 unspecified atom stereocenters. The first-order chi connectivity index (χ1) is 15.3. The Morgan fingerprint density at radius 2 is 1.85 bits per heavy atom. The fourth-order valence-corrected chi connectivity index (χ4v) is 4.14. The van der Waals surface area contributed by atoms with Crippen molar-refractivity contribution in [3.8, 4) is 5.69 Å². The Morgan fingerprint density at radius 1 is 1.18 bits per heavy atom. The monoisotopic (exact) mass is 487 g/mol. The summed E-state index contributed by atoms with van der Waals surface area (Å²) in [5.41, 5.74) is -1.10. The molecule has 3 aromatic rings. The van der Waals surface area contributed by atoms with E-state index in [0.717, 1.165) is 29.2 Å². The summed E-state index contributed by atoms with van der Waals surface area (Å²) in [6.45, 7) is 1.36. The van der Waals surface area contributed by atoms with Crippen LogP contribution < -0.4 is 11.4 Å². The molecule has 0 saturated carbocycles. The van der Waals surface area contributed by atoms with Crippen LogP contribution >= 0.6 is 11.6 Å². The number of H-pyrrole nitrogens is 1. The average Bonchev–Trinajstić information content (AvgIpc) is 3.00. The lowest BCUT2D eigenvalue weighted by Gasteiger charge is -2.34. The highest BCUT2D eigenvalue weighted by Crippen LogP contribution is 2.41. The van der Waals surface area contributed by atoms with Gasteiger partial charge in [0.05, 0.1) is 28.0 Å². The second-order valence-corrected chi connectivity index (χ2v) is 8.12. The maximum atomic E-state index is 15.8. The molecule has 7 nitrogen and oxygen atoms in total. The minimum absolute atomic E-state index is 0.227. The molecule has 1 aliphatic heterocycles. The third kappa shape index (κ3) is 3.45. The molecule has 3 N–H and O–H groups in total. The van der Waals surface area contributed by atoms with Crippen molar-refractivity contribution in [1.82, 2.24) is 14.5 Å². The maximum absolute atomic E-state index is 15.8. The number of hydrogen-bond acceptors (Lipinski definition) is 4. The van der Waals surface area contributed by atoms with Gasteiger partial charge in [-0.3, -0.25) is 14.3 Å². The summed E-state index contributed by atoms with van der Waals surface area (Å²) in [5, 5.41) is -0.759. The normalized spacial score (nSPS) is 19.3. The fraction of sp³-hybridized carbons (Fsp3) is 0.250. The van der Waals surface area contributed by atoms with Gasteiger partial charge in [0.1, 0.15) is 17.1 Å². The molecule has 0 bridgehead atoms. The van der Waals surface area contributed by atoms with Crippen molar-refractivity contribution in [2.24, 2.45) is 10.7 Å². The van der Waals surface area contributed by atoms with E-state index in [9.17, 15) is 27.2 Å². The number of aromatic amines is 1. The lowest BCUT2D eigenvalue weighted by atomic mass is 9.86. The molecule has 33 heavy (non-hydrogen) atoms. The van der Waals surface area contributed by atoms with Gasteiger partial charge in [-0.1, -0.05) is 17.7 Å². The number of nitrogens with one attached hydrogen (secondary N) is 1. The third-order valence-corrected chi connectivity index (χ3v) is 5.84. The molecule has 0 aliphatic carbocycles. The fourth-order valence-electron chi connectivity index (χ4n) is 3.88. The van der Waals surface area contributed by atoms with E-state index in [1.54, 1.807) is 0 Å². The predicted molar refractivity (Wildman–Crippen MR) is 110 cm³/mol. The molecule has 0 saturated heterocycles. The number of amides is 1. The van der Waals surface area contributed by atoms with E-state index in [2.05, 4.69) is 9.98 Å². The topological polar surface area (TPSA) is 96.5 Å². The van der Waals surface area contributed by atoms with Crippen LogP contribution in [-0.2, 0) is 16.5 Å². The van der Waals surface area contributed by atoms with Crippen molar-refractivity contribution in [2.75, 3.05) is 7.05 Å². The molecule has 1 aliphatic rings. The van der Waals surface area contributed by atoms with E-state index < -0.39 is 56.7 Å². The van der Waals surface area contributed by atoms with Crippen molar-refractivity contribution >= 4 is 34.5 Å². The number of carbonyl (C=O) groups excluding carboxylic acids is 1. The van der Waals surface area contributed by atoms with E-state index in [0.29, 0.717) is 0 Å². The van der Waals surface area contributed by atoms with Gasteiger partial charge in [-0.05, 0) is 25.1 Å². The number of nitrogens with zero attached hydrogens (tertiary/aromatic N) is 3. The standard InChI is InChI=1S/C20H15ClF5N5O2/c1-19(7-12(32)30(2)17(27)29-19)8-3-5-10(22)15(14(8)23)31-16-11(28-18(31)33)6-4-9(21)13(16)20(24,25)26/h3-6H,7H2,1-2H3,(H2,27,29)(H,28,33)/t19-/m0/s1. The third-order valence-electron chi connectivity index (χ3n) is 5.52. The molecule has 1 atom stereocenters. The van der Waals surface area contributed by atoms with E-state index >= 15 is 4.39 Å². The van der Waals surface area contributed by atoms with Crippen molar-refractivity contribution in [1.29, 1.82) is 0 Å². The number of hydrogen-bond donors (Lipinski definition) is 2. The number of halogens is 6. The van der Waals surface area contributed by atoms with Crippen LogP contribution in [0.5, 0.6) is 0 Å². The first-order valence-corrected chi connectivity index (χ1v) is 9.75. The van der Waals surface area contributed by atoms with E-state index in [1.165, 1.54) is 14.0 Å². The predicted octanol–water partition coefficient (Wildman–Crippen LogP) is 3.66. The highest BCUT2D eigenvalue weighted by Gasteiger charge is 2.41. The summed E-state index contributed by atoms with van der Waals surface area (Å²) in [6, 6.07) is 3.78. The van der Waals surface area contributed by atoms with Crippen LogP contribution in [0.3, 0.4) is 0 Å². The summed E-state index contributed by atoms with van der Waals surface area (Å²) in [7, 11) is 1.36. The number of guanidine groups is 1. The first kappa shape index (κ1) is 22.8. The molecule has 0 fully saturated rings. The van der Waals surface area contributed by atoms with Crippen LogP contribution in [-0.4, -0.2) is 33.4 Å². The molecule has 0 spiro atoms. The summed E-state index contributed by atoms with van der Waals surface area (Å²) in [6.07, 6.45) is -5.39. The summed E-state index contributed by atoms with van der Waals surface area (Å²) < 4.78 is 72.2. The zero-order valence-corrected chi connectivity index (χ0v) is 17.8. The van der Waals surface area contributed by atoms with Crippen LogP contribution in [0.25, 0.3) is 16.7 Å². The van der Waals surface area contributed by atoms with Crippen molar-refractivity contribution in [3.05, 3.63) is 62.5 Å². The van der Waals surface area contributed by atoms with Crippen LogP contribution in [0.2, 0.25) is 5.02 Å². The minimum Gasteiger partial charge on any atom is -0.369 e. The van der Waals surface area contributed by atoms with Crippen molar-refractivity contribution in [3.63, 3.8) is 0 Å². The molecular formula is C20H15ClF5N5O2. The van der Waals surface area contributed by atoms with E-state index in [-0.39, 0.29) is 28.0 Å². The van der Waals surface area contributed by atoms with Crippen LogP contribution in [0.1, 0.15) is 24.5 Å². The SMILES string of the molecule is CN1C(=O)C[C@@](C)(c2ccc(F)c(-n3c(=O)[nH]c4ccc(Cl)c(C(F)(F)F)c43)c2F)N=C1N. The largest absolute Gasteiger partial charge is 0.419 e. The molecule has 1 aromatic heterocycles. The summed E-state index contributed by atoms with van der Waals surface area (Å²) >= 11 is 5.75. The molecule has 1 amide bonds. The van der Waals surface area contributed by atoms with Gasteiger partial charge in [0.2, 0.25) is 5.91 Å². The van der Waals surface area contributed by atoms with Crippen LogP contribution in [0.15, 0.2) is 34.1 Å². The lowest BCUT2D eigenvalue weighted by Crippen LogP contribution is -2.47. The lowest BCUT2D eigenvalue weighted by molar-refractivity contribution is -0.136. The molecule has 13 heteroatoms. The molecule has 4 rings (SSSR count). The number of imidazole rings is 1.